The summed E-state index contributed by atoms with van der Waals surface area (Å²) >= 11 is 0. The van der Waals surface area contributed by atoms with Gasteiger partial charge in [-0.25, -0.2) is 0 Å². The molecule has 0 radical (unpaired) electrons. The van der Waals surface area contributed by atoms with Gasteiger partial charge in [-0.3, -0.25) is 4.79 Å². The summed E-state index contributed by atoms with van der Waals surface area (Å²) in [4.78, 5) is 11.8. The summed E-state index contributed by atoms with van der Waals surface area (Å²) in [5.74, 6) is 2.82. The summed E-state index contributed by atoms with van der Waals surface area (Å²) in [6.45, 7) is 9.13. The Bertz CT molecular complexity index is 642. The second-order valence-electron chi connectivity index (χ2n) is 9.09. The number of carbonyl (C=O) groups excluding carboxylic acids is 1. The van der Waals surface area contributed by atoms with E-state index in [1.54, 1.807) is 6.08 Å². The van der Waals surface area contributed by atoms with Crippen LogP contribution < -0.4 is 0 Å². The van der Waals surface area contributed by atoms with E-state index in [0.29, 0.717) is 17.3 Å². The van der Waals surface area contributed by atoms with Crippen LogP contribution in [0.25, 0.3) is 0 Å². The molecule has 24 heavy (non-hydrogen) atoms. The number of rotatable bonds is 2. The average Bonchev–Trinajstić information content (AvgIpc) is 2.92. The third kappa shape index (κ3) is 2.08. The van der Waals surface area contributed by atoms with Gasteiger partial charge in [0.25, 0.3) is 0 Å². The average molecular weight is 326 g/mol. The van der Waals surface area contributed by atoms with Gasteiger partial charge in [0, 0.05) is 5.41 Å². The number of allylic oxidation sites excluding steroid dienone is 4. The van der Waals surface area contributed by atoms with Crippen LogP contribution in [0.1, 0.15) is 52.4 Å². The molecule has 4 rings (SSSR count). The van der Waals surface area contributed by atoms with Gasteiger partial charge in [-0.15, -0.1) is 0 Å². The highest BCUT2D eigenvalue weighted by Crippen LogP contribution is 2.66. The van der Waals surface area contributed by atoms with Crippen LogP contribution in [0.4, 0.5) is 0 Å². The van der Waals surface area contributed by atoms with E-state index in [9.17, 15) is 9.90 Å². The van der Waals surface area contributed by atoms with E-state index >= 15 is 0 Å². The Hall–Kier alpha value is -1.15. The molecule has 4 aliphatic rings. The molecular weight excluding hydrogens is 296 g/mol. The zero-order valence-electron chi connectivity index (χ0n) is 15.1. The van der Waals surface area contributed by atoms with Gasteiger partial charge in [0.2, 0.25) is 0 Å². The molecule has 6 unspecified atom stereocenters. The highest BCUT2D eigenvalue weighted by molar-refractivity contribution is 6.01. The molecule has 0 aliphatic heterocycles. The molecule has 0 heterocycles. The Labute approximate surface area is 145 Å². The quantitative estimate of drug-likeness (QED) is 0.761. The van der Waals surface area contributed by atoms with Crippen molar-refractivity contribution in [1.82, 2.24) is 0 Å². The van der Waals surface area contributed by atoms with Crippen molar-refractivity contribution in [3.05, 3.63) is 36.0 Å². The first kappa shape index (κ1) is 16.3. The lowest BCUT2D eigenvalue weighted by Gasteiger charge is -2.57. The number of aliphatic hydroxyl groups excluding tert-OH is 1. The van der Waals surface area contributed by atoms with Gasteiger partial charge in [-0.05, 0) is 85.3 Å². The zero-order valence-corrected chi connectivity index (χ0v) is 15.1. The van der Waals surface area contributed by atoms with Crippen molar-refractivity contribution in [2.24, 2.45) is 34.5 Å². The van der Waals surface area contributed by atoms with E-state index in [2.05, 4.69) is 26.5 Å². The summed E-state index contributed by atoms with van der Waals surface area (Å²) in [6.07, 6.45) is 13.2. The Kier molecular flexibility index (Phi) is 3.69. The molecule has 130 valence electrons. The fraction of sp³-hybridized carbons (Fsp3) is 0.682. The summed E-state index contributed by atoms with van der Waals surface area (Å²) in [5.41, 5.74) is 2.81. The summed E-state index contributed by atoms with van der Waals surface area (Å²) in [6, 6.07) is 0. The standard InChI is InChI=1S/C22H30O2/c1-14(13-23)18-6-7-19-17-5-4-15-12-16(24)8-10-21(15,2)20(17)9-11-22(18,19)3/h8,10,12,17-20,23H,1,4-7,9,11,13H2,2-3H3. The van der Waals surface area contributed by atoms with Crippen molar-refractivity contribution in [2.75, 3.05) is 6.61 Å². The van der Waals surface area contributed by atoms with Crippen molar-refractivity contribution in [3.8, 4) is 0 Å². The van der Waals surface area contributed by atoms with E-state index in [1.165, 1.54) is 37.7 Å². The summed E-state index contributed by atoms with van der Waals surface area (Å²) in [7, 11) is 0. The van der Waals surface area contributed by atoms with Crippen molar-refractivity contribution in [2.45, 2.75) is 52.4 Å². The van der Waals surface area contributed by atoms with Crippen LogP contribution in [0.15, 0.2) is 36.0 Å². The molecule has 2 nitrogen and oxygen atoms in total. The summed E-state index contributed by atoms with van der Waals surface area (Å²) in [5, 5.41) is 9.60. The van der Waals surface area contributed by atoms with E-state index < -0.39 is 0 Å². The van der Waals surface area contributed by atoms with Gasteiger partial charge in [0.1, 0.15) is 0 Å². The highest BCUT2D eigenvalue weighted by Gasteiger charge is 2.58. The Morgan fingerprint density at radius 1 is 1.25 bits per heavy atom. The Balaban J connectivity index is 1.66. The predicted molar refractivity (Wildman–Crippen MR) is 96.3 cm³/mol. The van der Waals surface area contributed by atoms with Crippen molar-refractivity contribution >= 4 is 5.78 Å². The minimum atomic E-state index is 0.0875. The maximum atomic E-state index is 11.8. The molecule has 0 saturated heterocycles. The number of fused-ring (bicyclic) bond motifs is 5. The third-order valence-electron chi connectivity index (χ3n) is 8.25. The maximum absolute atomic E-state index is 11.8. The van der Waals surface area contributed by atoms with E-state index in [-0.39, 0.29) is 17.8 Å². The van der Waals surface area contributed by atoms with Gasteiger partial charge in [-0.2, -0.15) is 0 Å². The number of ketones is 1. The lowest BCUT2D eigenvalue weighted by Crippen LogP contribution is -2.49. The molecular formula is C22H30O2. The van der Waals surface area contributed by atoms with E-state index in [4.69, 9.17) is 0 Å². The number of aliphatic hydroxyl groups is 1. The van der Waals surface area contributed by atoms with Crippen molar-refractivity contribution < 1.29 is 9.90 Å². The van der Waals surface area contributed by atoms with Gasteiger partial charge in [0.05, 0.1) is 6.61 Å². The molecule has 0 aromatic heterocycles. The molecule has 0 spiro atoms. The zero-order chi connectivity index (χ0) is 17.1. The Morgan fingerprint density at radius 3 is 2.79 bits per heavy atom. The number of hydrogen-bond acceptors (Lipinski definition) is 2. The molecule has 0 amide bonds. The van der Waals surface area contributed by atoms with E-state index in [1.807, 2.05) is 6.08 Å². The smallest absolute Gasteiger partial charge is 0.178 e. The van der Waals surface area contributed by atoms with Crippen LogP contribution in [0.2, 0.25) is 0 Å². The molecule has 2 heteroatoms. The first-order chi connectivity index (χ1) is 11.4. The minimum absolute atomic E-state index is 0.0875. The molecule has 0 aromatic carbocycles. The molecule has 1 N–H and O–H groups in total. The van der Waals surface area contributed by atoms with E-state index in [0.717, 1.165) is 23.8 Å². The lowest BCUT2D eigenvalue weighted by atomic mass is 9.47. The first-order valence-corrected chi connectivity index (χ1v) is 9.63. The monoisotopic (exact) mass is 326 g/mol. The molecule has 4 aliphatic carbocycles. The molecule has 3 fully saturated rings. The van der Waals surface area contributed by atoms with Crippen LogP contribution in [0, 0.1) is 34.5 Å². The SMILES string of the molecule is C=C(CO)C1CCC2C3CCC4=CC(=O)C=CC4(C)C3CCC12C. The largest absolute Gasteiger partial charge is 0.392 e. The fourth-order valence-electron chi connectivity index (χ4n) is 6.98. The third-order valence-corrected chi connectivity index (χ3v) is 8.25. The van der Waals surface area contributed by atoms with Crippen LogP contribution in [-0.4, -0.2) is 17.5 Å². The predicted octanol–water partition coefficient (Wildman–Crippen LogP) is 4.46. The molecule has 3 saturated carbocycles. The second kappa shape index (κ2) is 5.42. The van der Waals surface area contributed by atoms with Crippen LogP contribution >= 0.6 is 0 Å². The Morgan fingerprint density at radius 2 is 2.04 bits per heavy atom. The van der Waals surface area contributed by atoms with Crippen LogP contribution in [0.5, 0.6) is 0 Å². The fourth-order valence-corrected chi connectivity index (χ4v) is 6.98. The van der Waals surface area contributed by atoms with Gasteiger partial charge >= 0.3 is 0 Å². The number of carbonyl (C=O) groups is 1. The van der Waals surface area contributed by atoms with Crippen LogP contribution in [0.3, 0.4) is 0 Å². The topological polar surface area (TPSA) is 37.3 Å². The number of hydrogen-bond donors (Lipinski definition) is 1. The van der Waals surface area contributed by atoms with Gasteiger partial charge in [0.15, 0.2) is 5.78 Å². The summed E-state index contributed by atoms with van der Waals surface area (Å²) < 4.78 is 0. The minimum Gasteiger partial charge on any atom is -0.392 e. The second-order valence-corrected chi connectivity index (χ2v) is 9.09. The molecule has 0 bridgehead atoms. The van der Waals surface area contributed by atoms with Crippen LogP contribution in [-0.2, 0) is 4.79 Å². The van der Waals surface area contributed by atoms with Gasteiger partial charge < -0.3 is 5.11 Å². The normalized spacial score (nSPS) is 46.8. The first-order valence-electron chi connectivity index (χ1n) is 9.63. The van der Waals surface area contributed by atoms with Crippen molar-refractivity contribution in [3.63, 3.8) is 0 Å². The maximum Gasteiger partial charge on any atom is 0.178 e. The lowest BCUT2D eigenvalue weighted by molar-refractivity contribution is -0.111. The highest BCUT2D eigenvalue weighted by atomic mass is 16.3. The van der Waals surface area contributed by atoms with Gasteiger partial charge in [-0.1, -0.05) is 32.1 Å². The van der Waals surface area contributed by atoms with Crippen molar-refractivity contribution in [1.29, 1.82) is 0 Å². The molecule has 0 aromatic rings. The molecule has 6 atom stereocenters.